The van der Waals surface area contributed by atoms with Gasteiger partial charge in [-0.05, 0) is 49.7 Å². The predicted molar refractivity (Wildman–Crippen MR) is 105 cm³/mol. The third-order valence-electron chi connectivity index (χ3n) is 6.56. The maximum Gasteiger partial charge on any atom is 0.420 e. The molecule has 2 heterocycles. The minimum absolute atomic E-state index is 0.00768. The lowest BCUT2D eigenvalue weighted by molar-refractivity contribution is -0.133. The van der Waals surface area contributed by atoms with E-state index in [0.717, 1.165) is 25.7 Å². The quantitative estimate of drug-likeness (QED) is 0.842. The van der Waals surface area contributed by atoms with Gasteiger partial charge in [-0.1, -0.05) is 26.0 Å². The number of oxazole rings is 1. The smallest absolute Gasteiger partial charge is 0.408 e. The molecule has 0 bridgehead atoms. The van der Waals surface area contributed by atoms with E-state index in [0.29, 0.717) is 22.9 Å². The molecule has 0 radical (unpaired) electrons. The Bertz CT molecular complexity index is 947. The average molecular weight is 385 g/mol. The molecule has 1 aliphatic heterocycles. The molecule has 7 heteroatoms. The van der Waals surface area contributed by atoms with Gasteiger partial charge in [0.15, 0.2) is 5.58 Å². The highest BCUT2D eigenvalue weighted by Gasteiger charge is 2.43. The molecule has 1 saturated heterocycles. The standard InChI is InChI=1S/C21H27N3O4/c1-3-14-12(2)15-9-8-13(10-16(15)23-20(14)26)22-19(25)11-24-17-6-4-5-7-18(17)28-21(24)27/h4-7,12-16H,3,8-11H2,1-2H3,(H,22,25)(H,23,26). The fourth-order valence-corrected chi connectivity index (χ4v) is 5.09. The lowest BCUT2D eigenvalue weighted by atomic mass is 9.67. The second-order valence-electron chi connectivity index (χ2n) is 8.15. The number of fused-ring (bicyclic) bond motifs is 2. The van der Waals surface area contributed by atoms with Gasteiger partial charge in [-0.2, -0.15) is 0 Å². The van der Waals surface area contributed by atoms with Crippen molar-refractivity contribution in [1.29, 1.82) is 0 Å². The van der Waals surface area contributed by atoms with Crippen LogP contribution in [0.15, 0.2) is 33.5 Å². The fourth-order valence-electron chi connectivity index (χ4n) is 5.09. The molecule has 2 amide bonds. The topological polar surface area (TPSA) is 93.3 Å². The first-order chi connectivity index (χ1) is 13.5. The van der Waals surface area contributed by atoms with Gasteiger partial charge < -0.3 is 15.1 Å². The summed E-state index contributed by atoms with van der Waals surface area (Å²) in [4.78, 5) is 37.0. The molecule has 1 aromatic heterocycles. The van der Waals surface area contributed by atoms with Crippen LogP contribution in [0, 0.1) is 17.8 Å². The maximum atomic E-state index is 12.6. The van der Waals surface area contributed by atoms with E-state index < -0.39 is 5.76 Å². The SMILES string of the molecule is CCC1C(=O)NC2CC(NC(=O)Cn3c(=O)oc4ccccc43)CCC2C1C. The molecule has 2 N–H and O–H groups in total. The fraction of sp³-hybridized carbons (Fsp3) is 0.571. The minimum Gasteiger partial charge on any atom is -0.408 e. The number of benzene rings is 1. The number of carbonyl (C=O) groups is 2. The molecular weight excluding hydrogens is 358 g/mol. The zero-order valence-corrected chi connectivity index (χ0v) is 16.3. The maximum absolute atomic E-state index is 12.6. The van der Waals surface area contributed by atoms with E-state index in [9.17, 15) is 14.4 Å². The van der Waals surface area contributed by atoms with Crippen molar-refractivity contribution >= 4 is 22.9 Å². The van der Waals surface area contributed by atoms with Gasteiger partial charge in [0, 0.05) is 18.0 Å². The summed E-state index contributed by atoms with van der Waals surface area (Å²) in [6.45, 7) is 4.18. The molecule has 7 nitrogen and oxygen atoms in total. The third-order valence-corrected chi connectivity index (χ3v) is 6.56. The molecule has 0 spiro atoms. The Morgan fingerprint density at radius 1 is 1.29 bits per heavy atom. The number of amides is 2. The largest absolute Gasteiger partial charge is 0.420 e. The lowest BCUT2D eigenvalue weighted by Crippen LogP contribution is -2.58. The summed E-state index contributed by atoms with van der Waals surface area (Å²) in [5, 5.41) is 6.22. The number of nitrogens with zero attached hydrogens (tertiary/aromatic N) is 1. The number of para-hydroxylation sites is 2. The molecule has 5 atom stereocenters. The number of hydrogen-bond donors (Lipinski definition) is 2. The second-order valence-corrected chi connectivity index (χ2v) is 8.15. The van der Waals surface area contributed by atoms with E-state index >= 15 is 0 Å². The van der Waals surface area contributed by atoms with E-state index in [-0.39, 0.29) is 36.4 Å². The highest BCUT2D eigenvalue weighted by molar-refractivity contribution is 5.81. The van der Waals surface area contributed by atoms with Crippen LogP contribution in [0.3, 0.4) is 0 Å². The molecule has 1 aromatic carbocycles. The number of aromatic nitrogens is 1. The summed E-state index contributed by atoms with van der Waals surface area (Å²) in [6, 6.07) is 7.19. The Balaban J connectivity index is 1.40. The van der Waals surface area contributed by atoms with Crippen molar-refractivity contribution in [3.8, 4) is 0 Å². The Morgan fingerprint density at radius 2 is 2.07 bits per heavy atom. The van der Waals surface area contributed by atoms with Gasteiger partial charge in [-0.3, -0.25) is 14.2 Å². The Hall–Kier alpha value is -2.57. The number of carbonyl (C=O) groups excluding carboxylic acids is 2. The van der Waals surface area contributed by atoms with Crippen molar-refractivity contribution in [3.05, 3.63) is 34.8 Å². The van der Waals surface area contributed by atoms with Crippen LogP contribution in [-0.4, -0.2) is 28.5 Å². The zero-order valence-electron chi connectivity index (χ0n) is 16.3. The van der Waals surface area contributed by atoms with Gasteiger partial charge >= 0.3 is 5.76 Å². The summed E-state index contributed by atoms with van der Waals surface area (Å²) in [7, 11) is 0. The van der Waals surface area contributed by atoms with Gasteiger partial charge in [-0.15, -0.1) is 0 Å². The number of hydrogen-bond acceptors (Lipinski definition) is 4. The summed E-state index contributed by atoms with van der Waals surface area (Å²) in [6.07, 6.45) is 3.49. The van der Waals surface area contributed by atoms with Crippen LogP contribution in [0.1, 0.15) is 39.5 Å². The molecule has 150 valence electrons. The normalized spacial score (nSPS) is 29.9. The first kappa shape index (κ1) is 18.8. The van der Waals surface area contributed by atoms with Crippen molar-refractivity contribution in [2.45, 2.75) is 58.2 Å². The minimum atomic E-state index is -0.529. The van der Waals surface area contributed by atoms with Crippen LogP contribution in [0.4, 0.5) is 0 Å². The number of nitrogens with one attached hydrogen (secondary N) is 2. The molecule has 28 heavy (non-hydrogen) atoms. The molecule has 5 unspecified atom stereocenters. The van der Waals surface area contributed by atoms with Crippen LogP contribution in [0.2, 0.25) is 0 Å². The molecule has 1 saturated carbocycles. The zero-order chi connectivity index (χ0) is 19.8. The molecule has 1 aliphatic carbocycles. The first-order valence-corrected chi connectivity index (χ1v) is 10.2. The van der Waals surface area contributed by atoms with Crippen molar-refractivity contribution in [1.82, 2.24) is 15.2 Å². The number of piperidine rings is 1. The van der Waals surface area contributed by atoms with E-state index in [2.05, 4.69) is 24.5 Å². The van der Waals surface area contributed by atoms with Gasteiger partial charge in [0.1, 0.15) is 6.54 Å². The monoisotopic (exact) mass is 385 g/mol. The van der Waals surface area contributed by atoms with Crippen LogP contribution >= 0.6 is 0 Å². The summed E-state index contributed by atoms with van der Waals surface area (Å²) >= 11 is 0. The Morgan fingerprint density at radius 3 is 2.86 bits per heavy atom. The van der Waals surface area contributed by atoms with E-state index in [4.69, 9.17) is 4.42 Å². The summed E-state index contributed by atoms with van der Waals surface area (Å²) < 4.78 is 6.54. The molecule has 2 aliphatic rings. The molecule has 4 rings (SSSR count). The van der Waals surface area contributed by atoms with Gasteiger partial charge in [0.05, 0.1) is 5.52 Å². The van der Waals surface area contributed by atoms with Gasteiger partial charge in [-0.25, -0.2) is 4.79 Å². The van der Waals surface area contributed by atoms with Crippen LogP contribution in [0.5, 0.6) is 0 Å². The molecule has 2 aromatic rings. The highest BCUT2D eigenvalue weighted by Crippen LogP contribution is 2.38. The van der Waals surface area contributed by atoms with Crippen LogP contribution in [-0.2, 0) is 16.1 Å². The molecular formula is C21H27N3O4. The van der Waals surface area contributed by atoms with Crippen molar-refractivity contribution in [2.75, 3.05) is 0 Å². The van der Waals surface area contributed by atoms with Crippen molar-refractivity contribution < 1.29 is 14.0 Å². The van der Waals surface area contributed by atoms with E-state index in [1.165, 1.54) is 4.57 Å². The Kier molecular flexibility index (Phi) is 5.00. The van der Waals surface area contributed by atoms with Gasteiger partial charge in [0.25, 0.3) is 0 Å². The molecule has 2 fully saturated rings. The highest BCUT2D eigenvalue weighted by atomic mass is 16.4. The Labute approximate surface area is 163 Å². The lowest BCUT2D eigenvalue weighted by Gasteiger charge is -2.46. The third kappa shape index (κ3) is 3.34. The predicted octanol–water partition coefficient (Wildman–Crippen LogP) is 2.04. The van der Waals surface area contributed by atoms with E-state index in [1.807, 2.05) is 6.07 Å². The van der Waals surface area contributed by atoms with Crippen LogP contribution in [0.25, 0.3) is 11.1 Å². The van der Waals surface area contributed by atoms with Crippen molar-refractivity contribution in [3.63, 3.8) is 0 Å². The van der Waals surface area contributed by atoms with Crippen LogP contribution < -0.4 is 16.4 Å². The average Bonchev–Trinajstić information content (AvgIpc) is 2.97. The summed E-state index contributed by atoms with van der Waals surface area (Å²) in [5.41, 5.74) is 1.09. The second kappa shape index (κ2) is 7.45. The first-order valence-electron chi connectivity index (χ1n) is 10.2. The van der Waals surface area contributed by atoms with Gasteiger partial charge in [0.2, 0.25) is 11.8 Å². The van der Waals surface area contributed by atoms with Crippen molar-refractivity contribution in [2.24, 2.45) is 17.8 Å². The summed E-state index contributed by atoms with van der Waals surface area (Å²) in [5.74, 6) is 0.332. The van der Waals surface area contributed by atoms with E-state index in [1.54, 1.807) is 18.2 Å². The number of rotatable bonds is 4.